The summed E-state index contributed by atoms with van der Waals surface area (Å²) in [5.74, 6) is 0.154. The lowest BCUT2D eigenvalue weighted by atomic mass is 9.82. The molecule has 0 radical (unpaired) electrons. The zero-order valence-electron chi connectivity index (χ0n) is 17.5. The molecule has 1 N–H and O–H groups in total. The fraction of sp³-hybridized carbons (Fsp3) is 0.609. The third kappa shape index (κ3) is 3.29. The van der Waals surface area contributed by atoms with Crippen LogP contribution in [0.25, 0.3) is 5.69 Å². The summed E-state index contributed by atoms with van der Waals surface area (Å²) in [6.45, 7) is 11.6. The van der Waals surface area contributed by atoms with Crippen LogP contribution >= 0.6 is 0 Å². The number of halogens is 1. The predicted molar refractivity (Wildman–Crippen MR) is 113 cm³/mol. The smallest absolute Gasteiger partial charge is 0.175 e. The summed E-state index contributed by atoms with van der Waals surface area (Å²) in [6, 6.07) is 6.68. The highest BCUT2D eigenvalue weighted by Crippen LogP contribution is 2.45. The summed E-state index contributed by atoms with van der Waals surface area (Å²) in [5.41, 5.74) is 3.76. The van der Waals surface area contributed by atoms with Gasteiger partial charge in [-0.15, -0.1) is 0 Å². The zero-order valence-corrected chi connectivity index (χ0v) is 17.5. The molecule has 4 rings (SSSR count). The van der Waals surface area contributed by atoms with E-state index in [1.165, 1.54) is 68.7 Å². The Bertz CT molecular complexity index is 797. The lowest BCUT2D eigenvalue weighted by molar-refractivity contribution is 0.0583. The standard InChI is InChI=1S/C23H34FN4/c1-18(2)22-21(17-27(26-22)20-9-7-19(24)8-10-20)28(15-5-4-6-16-28)23(3)11-13-25-14-12-23/h7-10,17-18,25H,4-6,11-16H2,1-3H3/q+1. The van der Waals surface area contributed by atoms with Gasteiger partial charge in [0, 0.05) is 31.8 Å². The summed E-state index contributed by atoms with van der Waals surface area (Å²) in [6.07, 6.45) is 8.54. The lowest BCUT2D eigenvalue weighted by Crippen LogP contribution is -2.69. The maximum atomic E-state index is 13.4. The first-order valence-electron chi connectivity index (χ1n) is 10.9. The Morgan fingerprint density at radius 1 is 1.07 bits per heavy atom. The Labute approximate surface area is 168 Å². The monoisotopic (exact) mass is 385 g/mol. The van der Waals surface area contributed by atoms with E-state index in [9.17, 15) is 4.39 Å². The van der Waals surface area contributed by atoms with Gasteiger partial charge in [-0.3, -0.25) is 4.48 Å². The Morgan fingerprint density at radius 2 is 1.71 bits per heavy atom. The van der Waals surface area contributed by atoms with Gasteiger partial charge in [-0.25, -0.2) is 9.07 Å². The van der Waals surface area contributed by atoms with Crippen LogP contribution in [0.15, 0.2) is 30.5 Å². The van der Waals surface area contributed by atoms with Gasteiger partial charge in [0.05, 0.1) is 25.0 Å². The van der Waals surface area contributed by atoms with Crippen molar-refractivity contribution in [3.05, 3.63) is 42.0 Å². The average Bonchev–Trinajstić information content (AvgIpc) is 3.16. The van der Waals surface area contributed by atoms with E-state index >= 15 is 0 Å². The summed E-state index contributed by atoms with van der Waals surface area (Å²) in [4.78, 5) is 0. The SMILES string of the molecule is CC(C)c1nn(-c2ccc(F)cc2)cc1[N+]1(C2(C)CCNCC2)CCCCC1. The topological polar surface area (TPSA) is 29.9 Å². The number of rotatable bonds is 4. The van der Waals surface area contributed by atoms with E-state index in [0.717, 1.165) is 23.3 Å². The molecule has 0 spiro atoms. The van der Waals surface area contributed by atoms with Crippen molar-refractivity contribution in [3.63, 3.8) is 0 Å². The van der Waals surface area contributed by atoms with Gasteiger partial charge in [-0.1, -0.05) is 13.8 Å². The van der Waals surface area contributed by atoms with Crippen molar-refractivity contribution in [3.8, 4) is 5.69 Å². The molecule has 2 aliphatic rings. The van der Waals surface area contributed by atoms with Gasteiger partial charge in [0.25, 0.3) is 0 Å². The van der Waals surface area contributed by atoms with Crippen molar-refractivity contribution in [2.45, 2.75) is 64.3 Å². The van der Waals surface area contributed by atoms with Crippen molar-refractivity contribution in [1.29, 1.82) is 0 Å². The number of hydrogen-bond acceptors (Lipinski definition) is 2. The number of likely N-dealkylation sites (tertiary alicyclic amines) is 1. The van der Waals surface area contributed by atoms with Crippen LogP contribution < -0.4 is 9.80 Å². The highest BCUT2D eigenvalue weighted by atomic mass is 19.1. The highest BCUT2D eigenvalue weighted by Gasteiger charge is 2.51. The molecule has 3 heterocycles. The van der Waals surface area contributed by atoms with E-state index in [0.29, 0.717) is 5.92 Å². The number of piperidine rings is 2. The Kier molecular flexibility index (Phi) is 5.32. The molecule has 2 fully saturated rings. The fourth-order valence-corrected chi connectivity index (χ4v) is 5.36. The van der Waals surface area contributed by atoms with Gasteiger partial charge in [0.2, 0.25) is 0 Å². The number of quaternary nitrogens is 1. The van der Waals surface area contributed by atoms with E-state index in [-0.39, 0.29) is 11.4 Å². The van der Waals surface area contributed by atoms with E-state index in [4.69, 9.17) is 5.10 Å². The van der Waals surface area contributed by atoms with E-state index < -0.39 is 0 Å². The minimum Gasteiger partial charge on any atom is -0.316 e. The molecule has 0 unspecified atom stereocenters. The molecule has 2 aromatic rings. The van der Waals surface area contributed by atoms with E-state index in [1.807, 2.05) is 16.8 Å². The second-order valence-electron chi connectivity index (χ2n) is 9.20. The summed E-state index contributed by atoms with van der Waals surface area (Å²) in [5, 5.41) is 8.57. The van der Waals surface area contributed by atoms with Crippen molar-refractivity contribution >= 4 is 5.69 Å². The van der Waals surface area contributed by atoms with E-state index in [2.05, 4.69) is 32.3 Å². The second kappa shape index (κ2) is 7.60. The molecule has 2 aliphatic heterocycles. The van der Waals surface area contributed by atoms with Gasteiger partial charge in [-0.2, -0.15) is 5.10 Å². The van der Waals surface area contributed by atoms with Crippen LogP contribution in [0.2, 0.25) is 0 Å². The van der Waals surface area contributed by atoms with Crippen LogP contribution in [0.5, 0.6) is 0 Å². The molecule has 4 nitrogen and oxygen atoms in total. The van der Waals surface area contributed by atoms with Crippen LogP contribution in [0.1, 0.15) is 64.5 Å². The lowest BCUT2D eigenvalue weighted by Gasteiger charge is -2.54. The van der Waals surface area contributed by atoms with Crippen LogP contribution in [-0.2, 0) is 0 Å². The molecule has 0 aliphatic carbocycles. The fourth-order valence-electron chi connectivity index (χ4n) is 5.36. The molecule has 152 valence electrons. The molecular weight excluding hydrogens is 351 g/mol. The van der Waals surface area contributed by atoms with Gasteiger partial charge < -0.3 is 5.32 Å². The molecule has 0 atom stereocenters. The maximum absolute atomic E-state index is 13.4. The minimum atomic E-state index is -0.207. The van der Waals surface area contributed by atoms with E-state index in [1.54, 1.807) is 0 Å². The van der Waals surface area contributed by atoms with Crippen LogP contribution in [0.3, 0.4) is 0 Å². The van der Waals surface area contributed by atoms with Gasteiger partial charge in [-0.05, 0) is 50.5 Å². The molecule has 0 amide bonds. The third-order valence-corrected chi connectivity index (χ3v) is 7.12. The van der Waals surface area contributed by atoms with Crippen LogP contribution in [-0.4, -0.2) is 41.5 Å². The number of benzene rings is 1. The number of nitrogens with zero attached hydrogens (tertiary/aromatic N) is 3. The van der Waals surface area contributed by atoms with Crippen molar-refractivity contribution in [2.75, 3.05) is 26.2 Å². The van der Waals surface area contributed by atoms with Crippen LogP contribution in [0, 0.1) is 5.82 Å². The first kappa shape index (κ1) is 19.6. The average molecular weight is 386 g/mol. The van der Waals surface area contributed by atoms with Gasteiger partial charge in [0.15, 0.2) is 5.69 Å². The minimum absolute atomic E-state index is 0.207. The van der Waals surface area contributed by atoms with Crippen molar-refractivity contribution in [2.24, 2.45) is 0 Å². The molecule has 5 heteroatoms. The summed E-state index contributed by atoms with van der Waals surface area (Å²) in [7, 11) is 0. The molecule has 2 saturated heterocycles. The molecule has 0 saturated carbocycles. The van der Waals surface area contributed by atoms with Crippen LogP contribution in [0.4, 0.5) is 10.1 Å². The second-order valence-corrected chi connectivity index (χ2v) is 9.20. The largest absolute Gasteiger partial charge is 0.316 e. The zero-order chi connectivity index (χ0) is 19.8. The Hall–Kier alpha value is -1.72. The number of aromatic nitrogens is 2. The molecular formula is C23H34FN4+. The first-order chi connectivity index (χ1) is 13.5. The summed E-state index contributed by atoms with van der Waals surface area (Å²) < 4.78 is 16.5. The highest BCUT2D eigenvalue weighted by molar-refractivity contribution is 5.52. The van der Waals surface area contributed by atoms with Gasteiger partial charge >= 0.3 is 0 Å². The molecule has 28 heavy (non-hydrogen) atoms. The van der Waals surface area contributed by atoms with Crippen molar-refractivity contribution < 1.29 is 4.39 Å². The normalized spacial score (nSPS) is 21.8. The molecule has 1 aromatic carbocycles. The predicted octanol–water partition coefficient (Wildman–Crippen LogP) is 4.77. The van der Waals surface area contributed by atoms with Crippen molar-refractivity contribution in [1.82, 2.24) is 19.6 Å². The molecule has 0 bridgehead atoms. The quantitative estimate of drug-likeness (QED) is 0.769. The maximum Gasteiger partial charge on any atom is 0.175 e. The Morgan fingerprint density at radius 3 is 2.32 bits per heavy atom. The Balaban J connectivity index is 1.84. The number of nitrogens with one attached hydrogen (secondary N) is 1. The third-order valence-electron chi connectivity index (χ3n) is 7.12. The first-order valence-corrected chi connectivity index (χ1v) is 10.9. The molecule has 1 aromatic heterocycles. The summed E-state index contributed by atoms with van der Waals surface area (Å²) >= 11 is 0. The number of hydrogen-bond donors (Lipinski definition) is 1. The van der Waals surface area contributed by atoms with Gasteiger partial charge in [0.1, 0.15) is 17.1 Å².